The summed E-state index contributed by atoms with van der Waals surface area (Å²) in [5.74, 6) is 0.0231. The van der Waals surface area contributed by atoms with Gasteiger partial charge in [0.25, 0.3) is 0 Å². The molecule has 1 atom stereocenters. The van der Waals surface area contributed by atoms with E-state index in [4.69, 9.17) is 5.11 Å². The summed E-state index contributed by atoms with van der Waals surface area (Å²) < 4.78 is 0. The standard InChI is InChI=1S/C12H16O.C6H10O2/c1-3-7-12(13)11-9-6-5-8-10(11)4-2;1-4(6(7)8)5-2-3-5/h5-6,8-9H,3-4,7H2,1-2H3;4-5H,2-3H2,1H3,(H,7,8). The number of hydrogen-bond donors (Lipinski definition) is 1. The molecular weight excluding hydrogens is 264 g/mol. The third-order valence-electron chi connectivity index (χ3n) is 3.89. The molecule has 1 saturated carbocycles. The van der Waals surface area contributed by atoms with E-state index >= 15 is 0 Å². The first-order chi connectivity index (χ1) is 10.0. The molecule has 1 aliphatic carbocycles. The van der Waals surface area contributed by atoms with Crippen LogP contribution in [0.1, 0.15) is 62.4 Å². The number of aliphatic carboxylic acids is 1. The average molecular weight is 290 g/mol. The molecule has 1 N–H and O–H groups in total. The first-order valence-corrected chi connectivity index (χ1v) is 7.85. The predicted molar refractivity (Wildman–Crippen MR) is 84.6 cm³/mol. The van der Waals surface area contributed by atoms with E-state index in [-0.39, 0.29) is 11.7 Å². The molecule has 0 spiro atoms. The summed E-state index contributed by atoms with van der Waals surface area (Å²) >= 11 is 0. The first kappa shape index (κ1) is 17.4. The normalized spacial score (nSPS) is 14.8. The van der Waals surface area contributed by atoms with Crippen molar-refractivity contribution in [2.75, 3.05) is 0 Å². The minimum Gasteiger partial charge on any atom is -0.481 e. The maximum Gasteiger partial charge on any atom is 0.306 e. The molecule has 3 nitrogen and oxygen atoms in total. The molecule has 0 aliphatic heterocycles. The second-order valence-electron chi connectivity index (χ2n) is 5.65. The van der Waals surface area contributed by atoms with Crippen LogP contribution in [-0.2, 0) is 11.2 Å². The van der Waals surface area contributed by atoms with Gasteiger partial charge in [0.05, 0.1) is 5.92 Å². The molecule has 0 saturated heterocycles. The maximum absolute atomic E-state index is 11.6. The molecule has 0 heterocycles. The van der Waals surface area contributed by atoms with Crippen LogP contribution in [0.3, 0.4) is 0 Å². The van der Waals surface area contributed by atoms with Crippen LogP contribution in [0.5, 0.6) is 0 Å². The van der Waals surface area contributed by atoms with Crippen LogP contribution in [0.25, 0.3) is 0 Å². The summed E-state index contributed by atoms with van der Waals surface area (Å²) in [5.41, 5.74) is 2.08. The molecule has 2 rings (SSSR count). The van der Waals surface area contributed by atoms with E-state index in [9.17, 15) is 9.59 Å². The molecule has 3 heteroatoms. The Morgan fingerprint density at radius 3 is 2.29 bits per heavy atom. The number of benzene rings is 1. The Bertz CT molecular complexity index is 475. The lowest BCUT2D eigenvalue weighted by molar-refractivity contribution is -0.141. The maximum atomic E-state index is 11.6. The number of carbonyl (C=O) groups excluding carboxylic acids is 1. The molecule has 1 unspecified atom stereocenters. The van der Waals surface area contributed by atoms with Gasteiger partial charge in [0, 0.05) is 12.0 Å². The van der Waals surface area contributed by atoms with Crippen molar-refractivity contribution in [1.82, 2.24) is 0 Å². The lowest BCUT2D eigenvalue weighted by Gasteiger charge is -2.04. The van der Waals surface area contributed by atoms with Gasteiger partial charge in [0.15, 0.2) is 5.78 Å². The van der Waals surface area contributed by atoms with Gasteiger partial charge in [-0.1, -0.05) is 45.0 Å². The van der Waals surface area contributed by atoms with Gasteiger partial charge in [-0.25, -0.2) is 0 Å². The summed E-state index contributed by atoms with van der Waals surface area (Å²) in [7, 11) is 0. The number of carbonyl (C=O) groups is 2. The number of Topliss-reactive ketones (excluding diaryl/α,β-unsaturated/α-hetero) is 1. The van der Waals surface area contributed by atoms with Gasteiger partial charge in [0.1, 0.15) is 0 Å². The predicted octanol–water partition coefficient (Wildman–Crippen LogP) is 4.35. The van der Waals surface area contributed by atoms with Crippen molar-refractivity contribution in [3.8, 4) is 0 Å². The number of hydrogen-bond acceptors (Lipinski definition) is 2. The highest BCUT2D eigenvalue weighted by atomic mass is 16.4. The van der Waals surface area contributed by atoms with Crippen LogP contribution in [0, 0.1) is 11.8 Å². The number of carboxylic acid groups (broad SMARTS) is 1. The minimum atomic E-state index is -0.646. The highest BCUT2D eigenvalue weighted by Crippen LogP contribution is 2.36. The highest BCUT2D eigenvalue weighted by Gasteiger charge is 2.32. The summed E-state index contributed by atoms with van der Waals surface area (Å²) in [6.45, 7) is 5.89. The van der Waals surface area contributed by atoms with E-state index in [0.29, 0.717) is 12.3 Å². The minimum absolute atomic E-state index is 0.102. The fraction of sp³-hybridized carbons (Fsp3) is 0.556. The third kappa shape index (κ3) is 5.70. The molecule has 1 aliphatic rings. The molecule has 116 valence electrons. The van der Waals surface area contributed by atoms with E-state index < -0.39 is 5.97 Å². The van der Waals surface area contributed by atoms with Crippen molar-refractivity contribution < 1.29 is 14.7 Å². The average Bonchev–Trinajstić information content (AvgIpc) is 3.32. The van der Waals surface area contributed by atoms with Crippen molar-refractivity contribution in [3.63, 3.8) is 0 Å². The SMILES string of the molecule is CC(C(=O)O)C1CC1.CCCC(=O)c1ccccc1CC. The van der Waals surface area contributed by atoms with Crippen molar-refractivity contribution >= 4 is 11.8 Å². The van der Waals surface area contributed by atoms with Gasteiger partial charge in [-0.2, -0.15) is 0 Å². The molecule has 1 aromatic carbocycles. The summed E-state index contributed by atoms with van der Waals surface area (Å²) in [6, 6.07) is 7.88. The number of ketones is 1. The van der Waals surface area contributed by atoms with Crippen molar-refractivity contribution in [2.24, 2.45) is 11.8 Å². The molecular formula is C18H26O3. The molecule has 0 aromatic heterocycles. The number of aryl methyl sites for hydroxylation is 1. The van der Waals surface area contributed by atoms with E-state index in [1.807, 2.05) is 31.2 Å². The second-order valence-corrected chi connectivity index (χ2v) is 5.65. The molecule has 1 aromatic rings. The van der Waals surface area contributed by atoms with Crippen molar-refractivity contribution in [3.05, 3.63) is 35.4 Å². The molecule has 21 heavy (non-hydrogen) atoms. The Balaban J connectivity index is 0.000000235. The smallest absolute Gasteiger partial charge is 0.306 e. The topological polar surface area (TPSA) is 54.4 Å². The Morgan fingerprint density at radius 2 is 1.86 bits per heavy atom. The Morgan fingerprint density at radius 1 is 1.24 bits per heavy atom. The zero-order valence-electron chi connectivity index (χ0n) is 13.3. The first-order valence-electron chi connectivity index (χ1n) is 7.85. The zero-order chi connectivity index (χ0) is 15.8. The lowest BCUT2D eigenvalue weighted by Crippen LogP contribution is -2.10. The van der Waals surface area contributed by atoms with Gasteiger partial charge in [-0.15, -0.1) is 0 Å². The Kier molecular flexibility index (Phi) is 7.13. The van der Waals surface area contributed by atoms with Gasteiger partial charge < -0.3 is 5.11 Å². The van der Waals surface area contributed by atoms with Crippen LogP contribution < -0.4 is 0 Å². The summed E-state index contributed by atoms with van der Waals surface area (Å²) in [5, 5.41) is 8.39. The zero-order valence-corrected chi connectivity index (χ0v) is 13.3. The fourth-order valence-corrected chi connectivity index (χ4v) is 2.26. The molecule has 1 fully saturated rings. The quantitative estimate of drug-likeness (QED) is 0.792. The van der Waals surface area contributed by atoms with Gasteiger partial charge in [-0.3, -0.25) is 9.59 Å². The van der Waals surface area contributed by atoms with Gasteiger partial charge in [0.2, 0.25) is 0 Å². The molecule has 0 radical (unpaired) electrons. The van der Waals surface area contributed by atoms with Gasteiger partial charge >= 0.3 is 5.97 Å². The largest absolute Gasteiger partial charge is 0.481 e. The Labute approximate surface area is 127 Å². The van der Waals surface area contributed by atoms with E-state index in [2.05, 4.69) is 6.92 Å². The monoisotopic (exact) mass is 290 g/mol. The van der Waals surface area contributed by atoms with E-state index in [1.54, 1.807) is 6.92 Å². The summed E-state index contributed by atoms with van der Waals surface area (Å²) in [6.07, 6.45) is 4.76. The third-order valence-corrected chi connectivity index (χ3v) is 3.89. The van der Waals surface area contributed by atoms with Crippen LogP contribution in [0.2, 0.25) is 0 Å². The number of carboxylic acids is 1. The second kappa shape index (κ2) is 8.60. The van der Waals surface area contributed by atoms with E-state index in [1.165, 1.54) is 5.56 Å². The number of rotatable bonds is 6. The van der Waals surface area contributed by atoms with Crippen molar-refractivity contribution in [2.45, 2.75) is 52.9 Å². The van der Waals surface area contributed by atoms with Crippen LogP contribution >= 0.6 is 0 Å². The van der Waals surface area contributed by atoms with E-state index in [0.717, 1.165) is 31.2 Å². The fourth-order valence-electron chi connectivity index (χ4n) is 2.26. The molecule has 0 amide bonds. The molecule has 0 bridgehead atoms. The van der Waals surface area contributed by atoms with Crippen LogP contribution in [0.4, 0.5) is 0 Å². The Hall–Kier alpha value is -1.64. The van der Waals surface area contributed by atoms with Crippen LogP contribution in [-0.4, -0.2) is 16.9 Å². The highest BCUT2D eigenvalue weighted by molar-refractivity contribution is 5.97. The van der Waals surface area contributed by atoms with Crippen molar-refractivity contribution in [1.29, 1.82) is 0 Å². The lowest BCUT2D eigenvalue weighted by atomic mass is 9.99. The van der Waals surface area contributed by atoms with Gasteiger partial charge in [-0.05, 0) is 37.2 Å². The van der Waals surface area contributed by atoms with Crippen LogP contribution in [0.15, 0.2) is 24.3 Å². The summed E-state index contributed by atoms with van der Waals surface area (Å²) in [4.78, 5) is 21.8.